The largest absolute Gasteiger partial charge is 0.326 e. The maximum atomic E-state index is 12.5. The molecule has 1 heterocycles. The zero-order valence-electron chi connectivity index (χ0n) is 11.7. The summed E-state index contributed by atoms with van der Waals surface area (Å²) in [7, 11) is 0. The second-order valence-corrected chi connectivity index (χ2v) is 6.25. The molecule has 108 valence electrons. The minimum Gasteiger partial charge on any atom is -0.326 e. The molecular formula is C17H18N2OS. The Morgan fingerprint density at radius 2 is 1.86 bits per heavy atom. The minimum atomic E-state index is 0.0191. The molecule has 0 saturated carbocycles. The Labute approximate surface area is 129 Å². The maximum absolute atomic E-state index is 12.5. The van der Waals surface area contributed by atoms with E-state index in [9.17, 15) is 4.79 Å². The van der Waals surface area contributed by atoms with Crippen molar-refractivity contribution in [1.82, 2.24) is 0 Å². The lowest BCUT2D eigenvalue weighted by Gasteiger charge is -2.33. The summed E-state index contributed by atoms with van der Waals surface area (Å²) < 4.78 is 0. The molecule has 0 radical (unpaired) electrons. The number of anilines is 1. The molecule has 0 fully saturated rings. The lowest BCUT2D eigenvalue weighted by Crippen LogP contribution is -2.46. The molecule has 3 rings (SSSR count). The fourth-order valence-electron chi connectivity index (χ4n) is 2.60. The highest BCUT2D eigenvalue weighted by molar-refractivity contribution is 8.00. The standard InChI is InChI=1S/C17H18N2OS/c18-14-10-13-6-4-5-9-16(13)19(11-14)17(20)12-21-15-7-2-1-3-8-15/h1-9,14H,10-12,18H2. The number of fused-ring (bicyclic) bond motifs is 1. The predicted octanol–water partition coefficient (Wildman–Crippen LogP) is 2.70. The van der Waals surface area contributed by atoms with Gasteiger partial charge in [0.25, 0.3) is 0 Å². The van der Waals surface area contributed by atoms with E-state index in [-0.39, 0.29) is 11.9 Å². The smallest absolute Gasteiger partial charge is 0.237 e. The Bertz CT molecular complexity index is 630. The Morgan fingerprint density at radius 3 is 2.67 bits per heavy atom. The highest BCUT2D eigenvalue weighted by atomic mass is 32.2. The van der Waals surface area contributed by atoms with Crippen molar-refractivity contribution in [2.24, 2.45) is 5.73 Å². The monoisotopic (exact) mass is 298 g/mol. The first-order valence-corrected chi connectivity index (χ1v) is 8.04. The van der Waals surface area contributed by atoms with Gasteiger partial charge in [0.15, 0.2) is 0 Å². The van der Waals surface area contributed by atoms with Crippen molar-refractivity contribution in [2.45, 2.75) is 17.4 Å². The van der Waals surface area contributed by atoms with Crippen LogP contribution in [0.3, 0.4) is 0 Å². The first kappa shape index (κ1) is 14.2. The summed E-state index contributed by atoms with van der Waals surface area (Å²) in [5, 5.41) is 0. The van der Waals surface area contributed by atoms with Crippen LogP contribution in [0.4, 0.5) is 5.69 Å². The van der Waals surface area contributed by atoms with Crippen molar-refractivity contribution in [3.63, 3.8) is 0 Å². The fraction of sp³-hybridized carbons (Fsp3) is 0.235. The van der Waals surface area contributed by atoms with Gasteiger partial charge in [0, 0.05) is 23.2 Å². The average molecular weight is 298 g/mol. The van der Waals surface area contributed by atoms with Gasteiger partial charge >= 0.3 is 0 Å². The maximum Gasteiger partial charge on any atom is 0.237 e. The number of thioether (sulfide) groups is 1. The molecule has 1 amide bonds. The van der Waals surface area contributed by atoms with Crippen LogP contribution in [0.5, 0.6) is 0 Å². The molecule has 0 saturated heterocycles. The molecule has 2 aromatic rings. The highest BCUT2D eigenvalue weighted by Crippen LogP contribution is 2.27. The van der Waals surface area contributed by atoms with E-state index in [1.165, 1.54) is 0 Å². The molecule has 0 aliphatic carbocycles. The molecule has 2 aromatic carbocycles. The number of hydrogen-bond acceptors (Lipinski definition) is 3. The third-order valence-corrected chi connectivity index (χ3v) is 4.58. The molecule has 1 atom stereocenters. The first-order valence-electron chi connectivity index (χ1n) is 7.06. The van der Waals surface area contributed by atoms with Crippen molar-refractivity contribution in [2.75, 3.05) is 17.2 Å². The number of benzene rings is 2. The van der Waals surface area contributed by atoms with E-state index in [0.717, 1.165) is 22.6 Å². The molecule has 4 heteroatoms. The molecule has 1 aliphatic rings. The summed E-state index contributed by atoms with van der Waals surface area (Å²) in [6.45, 7) is 0.602. The SMILES string of the molecule is NC1Cc2ccccc2N(C(=O)CSc2ccccc2)C1. The number of amides is 1. The summed E-state index contributed by atoms with van der Waals surface area (Å²) in [5.41, 5.74) is 8.26. The number of nitrogens with two attached hydrogens (primary N) is 1. The van der Waals surface area contributed by atoms with Crippen LogP contribution in [-0.2, 0) is 11.2 Å². The molecule has 21 heavy (non-hydrogen) atoms. The van der Waals surface area contributed by atoms with Gasteiger partial charge in [0.05, 0.1) is 5.75 Å². The third kappa shape index (κ3) is 3.28. The number of rotatable bonds is 3. The summed E-state index contributed by atoms with van der Waals surface area (Å²) in [5.74, 6) is 0.553. The fourth-order valence-corrected chi connectivity index (χ4v) is 3.40. The Balaban J connectivity index is 1.73. The van der Waals surface area contributed by atoms with Gasteiger partial charge in [-0.1, -0.05) is 36.4 Å². The number of para-hydroxylation sites is 1. The normalized spacial score (nSPS) is 17.4. The van der Waals surface area contributed by atoms with Crippen molar-refractivity contribution in [3.05, 3.63) is 60.2 Å². The topological polar surface area (TPSA) is 46.3 Å². The first-order chi connectivity index (χ1) is 10.2. The van der Waals surface area contributed by atoms with Crippen molar-refractivity contribution >= 4 is 23.4 Å². The lowest BCUT2D eigenvalue weighted by atomic mass is 9.98. The predicted molar refractivity (Wildman–Crippen MR) is 87.6 cm³/mol. The van der Waals surface area contributed by atoms with Gasteiger partial charge in [-0.25, -0.2) is 0 Å². The van der Waals surface area contributed by atoms with Gasteiger partial charge in [0.2, 0.25) is 5.91 Å². The van der Waals surface area contributed by atoms with E-state index in [1.807, 2.05) is 53.4 Å². The lowest BCUT2D eigenvalue weighted by molar-refractivity contribution is -0.116. The van der Waals surface area contributed by atoms with Gasteiger partial charge < -0.3 is 10.6 Å². The molecule has 0 spiro atoms. The van der Waals surface area contributed by atoms with Crippen molar-refractivity contribution < 1.29 is 4.79 Å². The average Bonchev–Trinajstić information content (AvgIpc) is 2.52. The molecule has 0 aromatic heterocycles. The number of carbonyl (C=O) groups is 1. The number of nitrogens with zero attached hydrogens (tertiary/aromatic N) is 1. The Morgan fingerprint density at radius 1 is 1.14 bits per heavy atom. The summed E-state index contributed by atoms with van der Waals surface area (Å²) in [6.07, 6.45) is 0.839. The summed E-state index contributed by atoms with van der Waals surface area (Å²) in [4.78, 5) is 15.5. The van der Waals surface area contributed by atoms with Gasteiger partial charge in [-0.3, -0.25) is 4.79 Å². The van der Waals surface area contributed by atoms with Crippen LogP contribution in [0.2, 0.25) is 0 Å². The molecule has 2 N–H and O–H groups in total. The Hall–Kier alpha value is -1.78. The summed E-state index contributed by atoms with van der Waals surface area (Å²) in [6, 6.07) is 18.0. The quantitative estimate of drug-likeness (QED) is 0.886. The van der Waals surface area contributed by atoms with Crippen LogP contribution in [-0.4, -0.2) is 24.2 Å². The van der Waals surface area contributed by atoms with E-state index >= 15 is 0 Å². The second-order valence-electron chi connectivity index (χ2n) is 5.20. The van der Waals surface area contributed by atoms with E-state index in [1.54, 1.807) is 11.8 Å². The van der Waals surface area contributed by atoms with E-state index in [4.69, 9.17) is 5.73 Å². The van der Waals surface area contributed by atoms with Crippen LogP contribution < -0.4 is 10.6 Å². The second kappa shape index (κ2) is 6.33. The van der Waals surface area contributed by atoms with Gasteiger partial charge in [-0.2, -0.15) is 0 Å². The number of hydrogen-bond donors (Lipinski definition) is 1. The highest BCUT2D eigenvalue weighted by Gasteiger charge is 2.26. The number of carbonyl (C=O) groups excluding carboxylic acids is 1. The van der Waals surface area contributed by atoms with E-state index in [2.05, 4.69) is 6.07 Å². The van der Waals surface area contributed by atoms with Crippen molar-refractivity contribution in [3.8, 4) is 0 Å². The third-order valence-electron chi connectivity index (χ3n) is 3.59. The molecule has 1 unspecified atom stereocenters. The Kier molecular flexibility index (Phi) is 4.27. The van der Waals surface area contributed by atoms with Crippen LogP contribution in [0.1, 0.15) is 5.56 Å². The van der Waals surface area contributed by atoms with Crippen LogP contribution in [0.15, 0.2) is 59.5 Å². The zero-order valence-corrected chi connectivity index (χ0v) is 12.6. The van der Waals surface area contributed by atoms with Crippen LogP contribution in [0.25, 0.3) is 0 Å². The van der Waals surface area contributed by atoms with Crippen molar-refractivity contribution in [1.29, 1.82) is 0 Å². The van der Waals surface area contributed by atoms with Crippen LogP contribution >= 0.6 is 11.8 Å². The van der Waals surface area contributed by atoms with E-state index < -0.39 is 0 Å². The van der Waals surface area contributed by atoms with Gasteiger partial charge in [-0.15, -0.1) is 11.8 Å². The van der Waals surface area contributed by atoms with E-state index in [0.29, 0.717) is 12.3 Å². The molecule has 3 nitrogen and oxygen atoms in total. The zero-order chi connectivity index (χ0) is 14.7. The molecular weight excluding hydrogens is 280 g/mol. The summed E-state index contributed by atoms with van der Waals surface area (Å²) >= 11 is 1.57. The molecule has 0 bridgehead atoms. The molecule has 1 aliphatic heterocycles. The van der Waals surface area contributed by atoms with Gasteiger partial charge in [-0.05, 0) is 30.2 Å². The van der Waals surface area contributed by atoms with Gasteiger partial charge in [0.1, 0.15) is 0 Å². The van der Waals surface area contributed by atoms with Crippen LogP contribution in [0, 0.1) is 0 Å². The minimum absolute atomic E-state index is 0.0191.